The molecule has 0 atom stereocenters. The smallest absolute Gasteiger partial charge is 0.142 e. The average Bonchev–Trinajstić information content (AvgIpc) is 2.95. The van der Waals surface area contributed by atoms with E-state index in [0.717, 1.165) is 51.9 Å². The number of aromatic nitrogens is 1. The van der Waals surface area contributed by atoms with Gasteiger partial charge < -0.3 is 10.5 Å². The highest BCUT2D eigenvalue weighted by Gasteiger charge is 2.25. The Morgan fingerprint density at radius 1 is 1.41 bits per heavy atom. The molecule has 1 aliphatic carbocycles. The summed E-state index contributed by atoms with van der Waals surface area (Å²) in [4.78, 5) is 4.41. The van der Waals surface area contributed by atoms with Crippen molar-refractivity contribution in [1.29, 1.82) is 5.26 Å². The number of nitriles is 1. The van der Waals surface area contributed by atoms with E-state index in [1.54, 1.807) is 0 Å². The van der Waals surface area contributed by atoms with E-state index in [2.05, 4.69) is 27.0 Å². The number of benzene rings is 1. The fourth-order valence-corrected chi connectivity index (χ4v) is 3.35. The van der Waals surface area contributed by atoms with Crippen molar-refractivity contribution in [2.45, 2.75) is 26.2 Å². The Bertz CT molecular complexity index is 780. The molecule has 0 saturated heterocycles. The molecule has 1 heterocycles. The predicted octanol–water partition coefficient (Wildman–Crippen LogP) is 3.85. The molecule has 0 spiro atoms. The molecule has 1 aromatic carbocycles. The second-order valence-corrected chi connectivity index (χ2v) is 6.13. The Hall–Kier alpha value is -2.06. The number of halogens is 1. The van der Waals surface area contributed by atoms with E-state index in [0.29, 0.717) is 18.0 Å². The summed E-state index contributed by atoms with van der Waals surface area (Å²) in [7, 11) is 0. The van der Waals surface area contributed by atoms with Gasteiger partial charge in [0.05, 0.1) is 6.61 Å². The molecule has 0 bridgehead atoms. The first kappa shape index (κ1) is 14.9. The van der Waals surface area contributed by atoms with Crippen molar-refractivity contribution in [3.8, 4) is 22.9 Å². The molecule has 0 saturated carbocycles. The summed E-state index contributed by atoms with van der Waals surface area (Å²) in [5, 5.41) is 9.56. The van der Waals surface area contributed by atoms with E-state index >= 15 is 0 Å². The van der Waals surface area contributed by atoms with Gasteiger partial charge >= 0.3 is 0 Å². The molecule has 0 aliphatic heterocycles. The minimum Gasteiger partial charge on any atom is -0.493 e. The number of aryl methyl sites for hydroxylation is 1. The van der Waals surface area contributed by atoms with Crippen LogP contribution < -0.4 is 10.5 Å². The van der Waals surface area contributed by atoms with Crippen LogP contribution in [0.25, 0.3) is 11.1 Å². The largest absolute Gasteiger partial charge is 0.493 e. The summed E-state index contributed by atoms with van der Waals surface area (Å²) in [6.45, 7) is 2.52. The fraction of sp³-hybridized carbons (Fsp3) is 0.294. The number of hydrogen-bond donors (Lipinski definition) is 1. The first-order valence-corrected chi connectivity index (χ1v) is 8.09. The van der Waals surface area contributed by atoms with Crippen LogP contribution in [0.15, 0.2) is 22.7 Å². The van der Waals surface area contributed by atoms with E-state index in [9.17, 15) is 5.26 Å². The average molecular weight is 358 g/mol. The second kappa shape index (κ2) is 5.98. The van der Waals surface area contributed by atoms with Crippen molar-refractivity contribution < 1.29 is 4.74 Å². The number of hydrogen-bond acceptors (Lipinski definition) is 4. The summed E-state index contributed by atoms with van der Waals surface area (Å²) < 4.78 is 6.70. The van der Waals surface area contributed by atoms with Crippen molar-refractivity contribution in [3.05, 3.63) is 39.5 Å². The normalized spacial score (nSPS) is 12.8. The molecule has 22 heavy (non-hydrogen) atoms. The molecule has 2 aromatic rings. The Kier molecular flexibility index (Phi) is 4.04. The van der Waals surface area contributed by atoms with Crippen LogP contribution in [0, 0.1) is 11.3 Å². The van der Waals surface area contributed by atoms with E-state index in [-0.39, 0.29) is 0 Å². The highest BCUT2D eigenvalue weighted by atomic mass is 79.9. The van der Waals surface area contributed by atoms with Gasteiger partial charge in [0.15, 0.2) is 0 Å². The lowest BCUT2D eigenvalue weighted by molar-refractivity contribution is 0.341. The van der Waals surface area contributed by atoms with Gasteiger partial charge in [-0.15, -0.1) is 0 Å². The third kappa shape index (κ3) is 2.44. The molecule has 0 unspecified atom stereocenters. The Balaban J connectivity index is 2.33. The van der Waals surface area contributed by atoms with E-state index in [4.69, 9.17) is 10.5 Å². The van der Waals surface area contributed by atoms with Gasteiger partial charge in [-0.1, -0.05) is 15.9 Å². The molecule has 112 valence electrons. The SMILES string of the molecule is CCOc1ccc(Br)cc1-c1c(C#N)c(N)nc2c1CCC2. The number of fused-ring (bicyclic) bond motifs is 1. The standard InChI is InChI=1S/C17H16BrN3O/c1-2-22-15-7-6-10(18)8-12(15)16-11-4-3-5-14(11)21-17(20)13(16)9-19/h6-8H,2-5H2,1H3,(H2,20,21). The summed E-state index contributed by atoms with van der Waals surface area (Å²) in [6, 6.07) is 8.06. The molecule has 3 rings (SSSR count). The van der Waals surface area contributed by atoms with E-state index in [1.807, 2.05) is 25.1 Å². The number of pyridine rings is 1. The quantitative estimate of drug-likeness (QED) is 0.905. The molecule has 1 aliphatic rings. The minimum atomic E-state index is 0.306. The number of anilines is 1. The Morgan fingerprint density at radius 3 is 2.95 bits per heavy atom. The van der Waals surface area contributed by atoms with Crippen LogP contribution in [0.3, 0.4) is 0 Å². The van der Waals surface area contributed by atoms with Crippen molar-refractivity contribution >= 4 is 21.7 Å². The molecule has 0 radical (unpaired) electrons. The Labute approximate surface area is 138 Å². The number of nitrogens with two attached hydrogens (primary N) is 1. The van der Waals surface area contributed by atoms with Crippen LogP contribution in [-0.2, 0) is 12.8 Å². The molecular weight excluding hydrogens is 342 g/mol. The van der Waals surface area contributed by atoms with E-state index in [1.165, 1.54) is 0 Å². The maximum atomic E-state index is 9.56. The summed E-state index contributed by atoms with van der Waals surface area (Å²) in [6.07, 6.45) is 2.88. The number of rotatable bonds is 3. The molecule has 1 aromatic heterocycles. The van der Waals surface area contributed by atoms with Crippen LogP contribution in [0.5, 0.6) is 5.75 Å². The third-order valence-corrected chi connectivity index (χ3v) is 4.37. The van der Waals surface area contributed by atoms with Gasteiger partial charge in [-0.05, 0) is 49.9 Å². The lowest BCUT2D eigenvalue weighted by atomic mass is 9.94. The van der Waals surface area contributed by atoms with Crippen LogP contribution in [0.1, 0.15) is 30.2 Å². The van der Waals surface area contributed by atoms with Gasteiger partial charge in [-0.2, -0.15) is 5.26 Å². The fourth-order valence-electron chi connectivity index (χ4n) is 2.99. The van der Waals surface area contributed by atoms with Crippen molar-refractivity contribution in [2.24, 2.45) is 0 Å². The zero-order valence-corrected chi connectivity index (χ0v) is 13.9. The van der Waals surface area contributed by atoms with Gasteiger partial charge in [0.1, 0.15) is 23.2 Å². The molecule has 4 nitrogen and oxygen atoms in total. The van der Waals surface area contributed by atoms with Gasteiger partial charge in [-0.3, -0.25) is 0 Å². The highest BCUT2D eigenvalue weighted by Crippen LogP contribution is 2.41. The maximum Gasteiger partial charge on any atom is 0.142 e. The number of nitrogens with zero attached hydrogens (tertiary/aromatic N) is 2. The molecule has 0 amide bonds. The Morgan fingerprint density at radius 2 is 2.23 bits per heavy atom. The molecular formula is C17H16BrN3O. The van der Waals surface area contributed by atoms with Crippen LogP contribution >= 0.6 is 15.9 Å². The minimum absolute atomic E-state index is 0.306. The van der Waals surface area contributed by atoms with Crippen molar-refractivity contribution in [2.75, 3.05) is 12.3 Å². The lowest BCUT2D eigenvalue weighted by Crippen LogP contribution is -2.05. The highest BCUT2D eigenvalue weighted by molar-refractivity contribution is 9.10. The zero-order chi connectivity index (χ0) is 15.7. The van der Waals surface area contributed by atoms with Crippen LogP contribution in [0.2, 0.25) is 0 Å². The van der Waals surface area contributed by atoms with Gasteiger partial charge in [0.2, 0.25) is 0 Å². The predicted molar refractivity (Wildman–Crippen MR) is 89.7 cm³/mol. The van der Waals surface area contributed by atoms with E-state index < -0.39 is 0 Å². The van der Waals surface area contributed by atoms with Crippen molar-refractivity contribution in [1.82, 2.24) is 4.98 Å². The van der Waals surface area contributed by atoms with Crippen molar-refractivity contribution in [3.63, 3.8) is 0 Å². The topological polar surface area (TPSA) is 71.9 Å². The third-order valence-electron chi connectivity index (χ3n) is 3.87. The van der Waals surface area contributed by atoms with Gasteiger partial charge in [-0.25, -0.2) is 4.98 Å². The van der Waals surface area contributed by atoms with Crippen LogP contribution in [-0.4, -0.2) is 11.6 Å². The first-order valence-electron chi connectivity index (χ1n) is 7.29. The van der Waals surface area contributed by atoms with Gasteiger partial charge in [0.25, 0.3) is 0 Å². The molecule has 2 N–H and O–H groups in total. The lowest BCUT2D eigenvalue weighted by Gasteiger charge is -2.16. The summed E-state index contributed by atoms with van der Waals surface area (Å²) >= 11 is 3.51. The van der Waals surface area contributed by atoms with Gasteiger partial charge in [0, 0.05) is 21.3 Å². The second-order valence-electron chi connectivity index (χ2n) is 5.21. The number of nitrogen functional groups attached to an aromatic ring is 1. The molecule has 0 fully saturated rings. The number of ether oxygens (including phenoxy) is 1. The summed E-state index contributed by atoms with van der Waals surface area (Å²) in [5.41, 5.74) is 10.4. The first-order chi connectivity index (χ1) is 10.7. The molecule has 5 heteroatoms. The summed E-state index contributed by atoms with van der Waals surface area (Å²) in [5.74, 6) is 1.07. The monoisotopic (exact) mass is 357 g/mol. The zero-order valence-electron chi connectivity index (χ0n) is 12.3. The maximum absolute atomic E-state index is 9.56. The van der Waals surface area contributed by atoms with Crippen LogP contribution in [0.4, 0.5) is 5.82 Å².